The molecule has 9 heteroatoms. The summed E-state index contributed by atoms with van der Waals surface area (Å²) in [5.41, 5.74) is 6.96. The zero-order chi connectivity index (χ0) is 31.3. The van der Waals surface area contributed by atoms with E-state index in [-0.39, 0.29) is 46.3 Å². The SMILES string of the molecule is N[C@H](CF)C1CCC(C(=O)N2CC[C@@H](C3CCCCC3)[C@H]2C(=O)Cc2ccc(C(=O)CS(=O)(=O)c3ccccc3)cc2)CC1. The van der Waals surface area contributed by atoms with Crippen LogP contribution in [-0.2, 0) is 25.8 Å². The topological polar surface area (TPSA) is 115 Å². The van der Waals surface area contributed by atoms with Crippen LogP contribution in [0.1, 0.15) is 80.1 Å². The molecule has 238 valence electrons. The Labute approximate surface area is 260 Å². The number of carbonyl (C=O) groups excluding carboxylic acids is 3. The molecule has 2 aromatic rings. The fourth-order valence-corrected chi connectivity index (χ4v) is 9.02. The van der Waals surface area contributed by atoms with Crippen LogP contribution in [0, 0.1) is 23.7 Å². The molecular weight excluding hydrogens is 579 g/mol. The number of halogens is 1. The number of nitrogens with zero attached hydrogens (tertiary/aromatic N) is 1. The minimum atomic E-state index is -3.76. The molecule has 44 heavy (non-hydrogen) atoms. The Morgan fingerprint density at radius 1 is 0.864 bits per heavy atom. The van der Waals surface area contributed by atoms with Crippen molar-refractivity contribution in [3.8, 4) is 0 Å². The number of Topliss-reactive ketones (excluding diaryl/α,β-unsaturated/α-hetero) is 2. The van der Waals surface area contributed by atoms with Crippen LogP contribution in [0.25, 0.3) is 0 Å². The van der Waals surface area contributed by atoms with E-state index in [2.05, 4.69) is 0 Å². The fraction of sp³-hybridized carbons (Fsp3) is 0.571. The highest BCUT2D eigenvalue weighted by molar-refractivity contribution is 7.92. The second-order valence-electron chi connectivity index (χ2n) is 13.1. The van der Waals surface area contributed by atoms with E-state index < -0.39 is 40.1 Å². The van der Waals surface area contributed by atoms with Crippen LogP contribution in [0.2, 0.25) is 0 Å². The van der Waals surface area contributed by atoms with Crippen LogP contribution in [0.4, 0.5) is 4.39 Å². The molecule has 1 saturated heterocycles. The normalized spacial score (nSPS) is 25.5. The fourth-order valence-electron chi connectivity index (χ4n) is 7.77. The average molecular weight is 625 g/mol. The number of carbonyl (C=O) groups is 3. The van der Waals surface area contributed by atoms with Gasteiger partial charge in [-0.15, -0.1) is 0 Å². The van der Waals surface area contributed by atoms with Crippen LogP contribution in [0.3, 0.4) is 0 Å². The van der Waals surface area contributed by atoms with Crippen LogP contribution in [-0.4, -0.2) is 61.8 Å². The van der Waals surface area contributed by atoms with E-state index in [4.69, 9.17) is 5.73 Å². The second-order valence-corrected chi connectivity index (χ2v) is 15.1. The zero-order valence-electron chi connectivity index (χ0n) is 25.4. The lowest BCUT2D eigenvalue weighted by atomic mass is 9.75. The molecule has 1 amide bonds. The molecule has 3 fully saturated rings. The summed E-state index contributed by atoms with van der Waals surface area (Å²) in [4.78, 5) is 42.7. The molecule has 2 N–H and O–H groups in total. The van der Waals surface area contributed by atoms with Crippen LogP contribution >= 0.6 is 0 Å². The molecular formula is C35H45FN2O5S. The summed E-state index contributed by atoms with van der Waals surface area (Å²) in [5, 5.41) is 0. The Bertz CT molecular complexity index is 1400. The average Bonchev–Trinajstić information content (AvgIpc) is 3.50. The summed E-state index contributed by atoms with van der Waals surface area (Å²) >= 11 is 0. The van der Waals surface area contributed by atoms with E-state index in [1.807, 2.05) is 4.90 Å². The van der Waals surface area contributed by atoms with Crippen molar-refractivity contribution in [2.45, 2.75) is 87.6 Å². The summed E-state index contributed by atoms with van der Waals surface area (Å²) in [6.45, 7) is 0.0423. The van der Waals surface area contributed by atoms with Gasteiger partial charge >= 0.3 is 0 Å². The summed E-state index contributed by atoms with van der Waals surface area (Å²) < 4.78 is 38.5. The van der Waals surface area contributed by atoms with Gasteiger partial charge < -0.3 is 10.6 Å². The molecule has 2 saturated carbocycles. The molecule has 3 atom stereocenters. The monoisotopic (exact) mass is 624 g/mol. The van der Waals surface area contributed by atoms with Crippen LogP contribution in [0.5, 0.6) is 0 Å². The Morgan fingerprint density at radius 2 is 1.52 bits per heavy atom. The maximum absolute atomic E-state index is 14.0. The highest BCUT2D eigenvalue weighted by Gasteiger charge is 2.46. The second kappa shape index (κ2) is 14.5. The van der Waals surface area contributed by atoms with E-state index >= 15 is 0 Å². The lowest BCUT2D eigenvalue weighted by Crippen LogP contribution is -2.48. The number of amides is 1. The minimum absolute atomic E-state index is 0.0188. The lowest BCUT2D eigenvalue weighted by Gasteiger charge is -2.37. The molecule has 5 rings (SSSR count). The van der Waals surface area contributed by atoms with E-state index in [0.29, 0.717) is 25.3 Å². The standard InChI is InChI=1S/C35H45FN2O5S/c36-22-31(37)26-15-17-28(18-16-26)35(41)38-20-19-30(25-7-3-1-4-8-25)34(38)32(39)21-24-11-13-27(14-12-24)33(40)23-44(42,43)29-9-5-2-6-10-29/h2,5-6,9-14,25-26,28,30-31,34H,1,3-4,7-8,15-23,37H2/t26?,28?,30-,31+,34-/m0/s1. The van der Waals surface area contributed by atoms with Crippen molar-refractivity contribution in [1.82, 2.24) is 4.90 Å². The quantitative estimate of drug-likeness (QED) is 0.337. The van der Waals surface area contributed by atoms with Crippen molar-refractivity contribution in [2.24, 2.45) is 29.4 Å². The number of hydrogen-bond donors (Lipinski definition) is 1. The van der Waals surface area contributed by atoms with Crippen molar-refractivity contribution < 1.29 is 27.2 Å². The molecule has 0 radical (unpaired) electrons. The van der Waals surface area contributed by atoms with Gasteiger partial charge in [0.15, 0.2) is 21.4 Å². The van der Waals surface area contributed by atoms with Gasteiger partial charge in [0, 0.05) is 30.5 Å². The van der Waals surface area contributed by atoms with Gasteiger partial charge in [-0.25, -0.2) is 12.8 Å². The van der Waals surface area contributed by atoms with E-state index in [1.165, 1.54) is 18.6 Å². The van der Waals surface area contributed by atoms with Gasteiger partial charge in [0.25, 0.3) is 0 Å². The van der Waals surface area contributed by atoms with Gasteiger partial charge in [-0.2, -0.15) is 0 Å². The van der Waals surface area contributed by atoms with Crippen molar-refractivity contribution in [3.63, 3.8) is 0 Å². The van der Waals surface area contributed by atoms with Crippen LogP contribution in [0.15, 0.2) is 59.5 Å². The van der Waals surface area contributed by atoms with Gasteiger partial charge in [-0.3, -0.25) is 14.4 Å². The Hall–Kier alpha value is -2.91. The van der Waals surface area contributed by atoms with E-state index in [9.17, 15) is 27.2 Å². The molecule has 2 aliphatic carbocycles. The first-order valence-corrected chi connectivity index (χ1v) is 17.9. The van der Waals surface area contributed by atoms with Gasteiger partial charge in [0.05, 0.1) is 10.9 Å². The molecule has 1 aliphatic heterocycles. The predicted molar refractivity (Wildman–Crippen MR) is 168 cm³/mol. The first-order valence-electron chi connectivity index (χ1n) is 16.2. The summed E-state index contributed by atoms with van der Waals surface area (Å²) in [5.74, 6) is -0.538. The van der Waals surface area contributed by atoms with Crippen molar-refractivity contribution >= 4 is 27.3 Å². The number of alkyl halides is 1. The number of ketones is 2. The smallest absolute Gasteiger partial charge is 0.226 e. The summed E-state index contributed by atoms with van der Waals surface area (Å²) in [6, 6.07) is 13.6. The number of rotatable bonds is 11. The van der Waals surface area contributed by atoms with Gasteiger partial charge in [0.1, 0.15) is 12.4 Å². The number of benzene rings is 2. The van der Waals surface area contributed by atoms with Gasteiger partial charge in [-0.05, 0) is 67.6 Å². The van der Waals surface area contributed by atoms with Crippen LogP contribution < -0.4 is 5.73 Å². The summed E-state index contributed by atoms with van der Waals surface area (Å²) in [6.07, 6.45) is 9.51. The minimum Gasteiger partial charge on any atom is -0.332 e. The van der Waals surface area contributed by atoms with Crippen molar-refractivity contribution in [1.29, 1.82) is 0 Å². The van der Waals surface area contributed by atoms with Crippen molar-refractivity contribution in [3.05, 3.63) is 65.7 Å². The zero-order valence-corrected chi connectivity index (χ0v) is 26.2. The molecule has 1 heterocycles. The highest BCUT2D eigenvalue weighted by Crippen LogP contribution is 2.41. The number of sulfone groups is 1. The molecule has 0 unspecified atom stereocenters. The Balaban J connectivity index is 1.27. The molecule has 7 nitrogen and oxygen atoms in total. The maximum Gasteiger partial charge on any atom is 0.226 e. The van der Waals surface area contributed by atoms with Crippen molar-refractivity contribution in [2.75, 3.05) is 19.0 Å². The van der Waals surface area contributed by atoms with E-state index in [1.54, 1.807) is 42.5 Å². The van der Waals surface area contributed by atoms with Gasteiger partial charge in [-0.1, -0.05) is 74.6 Å². The summed E-state index contributed by atoms with van der Waals surface area (Å²) in [7, 11) is -3.76. The first-order chi connectivity index (χ1) is 21.2. The predicted octanol–water partition coefficient (Wildman–Crippen LogP) is 5.36. The highest BCUT2D eigenvalue weighted by atomic mass is 32.2. The number of hydrogen-bond acceptors (Lipinski definition) is 6. The Kier molecular flexibility index (Phi) is 10.7. The lowest BCUT2D eigenvalue weighted by molar-refractivity contribution is -0.143. The Morgan fingerprint density at radius 3 is 2.16 bits per heavy atom. The maximum atomic E-state index is 14.0. The van der Waals surface area contributed by atoms with E-state index in [0.717, 1.165) is 50.5 Å². The third-order valence-electron chi connectivity index (χ3n) is 10.3. The number of nitrogens with two attached hydrogens (primary N) is 1. The molecule has 0 bridgehead atoms. The molecule has 2 aromatic carbocycles. The third-order valence-corrected chi connectivity index (χ3v) is 11.9. The largest absolute Gasteiger partial charge is 0.332 e. The third kappa shape index (κ3) is 7.48. The van der Waals surface area contributed by atoms with Gasteiger partial charge in [0.2, 0.25) is 5.91 Å². The first kappa shape index (κ1) is 32.5. The molecule has 3 aliphatic rings. The molecule has 0 aromatic heterocycles. The molecule has 0 spiro atoms. The number of likely N-dealkylation sites (tertiary alicyclic amines) is 1.